The van der Waals surface area contributed by atoms with Crippen LogP contribution in [0, 0.1) is 13.8 Å². The highest BCUT2D eigenvalue weighted by Crippen LogP contribution is 2.37. The van der Waals surface area contributed by atoms with E-state index in [0.717, 1.165) is 43.1 Å². The van der Waals surface area contributed by atoms with Crippen LogP contribution in [-0.2, 0) is 4.79 Å². The number of carbonyl (C=O) groups excluding carboxylic acids is 1. The number of carbonyl (C=O) groups is 1. The number of fused-ring (bicyclic) bond motifs is 1. The maximum atomic E-state index is 12.5. The maximum Gasteiger partial charge on any atom is 0.293 e. The Balaban J connectivity index is 1.33. The number of amides is 1. The summed E-state index contributed by atoms with van der Waals surface area (Å²) in [6.07, 6.45) is 1.79. The second-order valence-corrected chi connectivity index (χ2v) is 9.52. The van der Waals surface area contributed by atoms with Gasteiger partial charge in [0.2, 0.25) is 5.95 Å². The third kappa shape index (κ3) is 5.08. The zero-order valence-electron chi connectivity index (χ0n) is 21.8. The van der Waals surface area contributed by atoms with Crippen molar-refractivity contribution < 1.29 is 9.53 Å². The quantitative estimate of drug-likeness (QED) is 0.477. The van der Waals surface area contributed by atoms with E-state index in [9.17, 15) is 4.79 Å². The summed E-state index contributed by atoms with van der Waals surface area (Å²) in [7, 11) is 2.17. The lowest BCUT2D eigenvalue weighted by Crippen LogP contribution is -2.44. The lowest BCUT2D eigenvalue weighted by molar-refractivity contribution is -0.117. The molecule has 3 heterocycles. The van der Waals surface area contributed by atoms with Crippen molar-refractivity contribution in [3.8, 4) is 5.75 Å². The third-order valence-electron chi connectivity index (χ3n) is 6.81. The summed E-state index contributed by atoms with van der Waals surface area (Å²) in [5.41, 5.74) is 5.82. The van der Waals surface area contributed by atoms with Crippen LogP contribution in [0.2, 0.25) is 0 Å². The molecule has 37 heavy (non-hydrogen) atoms. The van der Waals surface area contributed by atoms with E-state index in [-0.39, 0.29) is 11.7 Å². The van der Waals surface area contributed by atoms with Crippen LogP contribution in [-0.4, -0.2) is 60.5 Å². The molecule has 0 atom stereocenters. The summed E-state index contributed by atoms with van der Waals surface area (Å²) in [6.45, 7) is 14.5. The molecule has 1 fully saturated rings. The van der Waals surface area contributed by atoms with Crippen LogP contribution in [0.5, 0.6) is 5.75 Å². The molecule has 9 nitrogen and oxygen atoms in total. The molecular formula is C28H33N7O2. The van der Waals surface area contributed by atoms with Crippen molar-refractivity contribution in [2.75, 3.05) is 60.2 Å². The number of ether oxygens (including phenoxy) is 1. The van der Waals surface area contributed by atoms with E-state index in [2.05, 4.69) is 64.2 Å². The van der Waals surface area contributed by atoms with Crippen LogP contribution in [0.4, 0.5) is 34.5 Å². The van der Waals surface area contributed by atoms with Gasteiger partial charge in [-0.15, -0.1) is 0 Å². The number of benzene rings is 2. The highest BCUT2D eigenvalue weighted by Gasteiger charge is 2.28. The molecule has 1 saturated heterocycles. The van der Waals surface area contributed by atoms with Crippen molar-refractivity contribution in [1.29, 1.82) is 0 Å². The molecule has 3 aromatic rings. The number of aromatic nitrogens is 2. The lowest BCUT2D eigenvalue weighted by Gasteiger charge is -2.35. The molecule has 1 amide bonds. The van der Waals surface area contributed by atoms with Gasteiger partial charge in [0, 0.05) is 61.5 Å². The van der Waals surface area contributed by atoms with Crippen LogP contribution in [0.15, 0.2) is 54.9 Å². The van der Waals surface area contributed by atoms with Crippen LogP contribution < -0.4 is 25.2 Å². The number of nitrogens with zero attached hydrogens (tertiary/aromatic N) is 5. The number of hydrogen-bond donors (Lipinski definition) is 2. The molecule has 5 rings (SSSR count). The number of hydrogen-bond acceptors (Lipinski definition) is 8. The minimum Gasteiger partial charge on any atom is -0.450 e. The van der Waals surface area contributed by atoms with Gasteiger partial charge < -0.3 is 30.1 Å². The Bertz CT molecular complexity index is 1350. The molecule has 2 N–H and O–H groups in total. The van der Waals surface area contributed by atoms with Crippen molar-refractivity contribution in [3.05, 3.63) is 66.1 Å². The van der Waals surface area contributed by atoms with Gasteiger partial charge in [-0.1, -0.05) is 6.58 Å². The molecule has 0 saturated carbocycles. The first-order chi connectivity index (χ1) is 17.8. The number of nitrogens with one attached hydrogen (secondary N) is 2. The van der Waals surface area contributed by atoms with Gasteiger partial charge in [-0.05, 0) is 69.8 Å². The van der Waals surface area contributed by atoms with Crippen LogP contribution >= 0.6 is 0 Å². The molecular weight excluding hydrogens is 466 g/mol. The first-order valence-electron chi connectivity index (χ1n) is 12.6. The molecule has 0 unspecified atom stereocenters. The first kappa shape index (κ1) is 24.6. The van der Waals surface area contributed by atoms with Crippen molar-refractivity contribution in [2.45, 2.75) is 20.8 Å². The predicted octanol–water partition coefficient (Wildman–Crippen LogP) is 4.59. The Hall–Kier alpha value is -4.11. The zero-order valence-corrected chi connectivity index (χ0v) is 21.8. The molecule has 0 spiro atoms. The van der Waals surface area contributed by atoms with Gasteiger partial charge in [0.15, 0.2) is 11.5 Å². The normalized spacial score (nSPS) is 15.9. The van der Waals surface area contributed by atoms with E-state index in [0.29, 0.717) is 29.7 Å². The van der Waals surface area contributed by atoms with Crippen LogP contribution in [0.25, 0.3) is 0 Å². The third-order valence-corrected chi connectivity index (χ3v) is 6.81. The van der Waals surface area contributed by atoms with Crippen molar-refractivity contribution in [1.82, 2.24) is 14.9 Å². The highest BCUT2D eigenvalue weighted by molar-refractivity contribution is 6.07. The average Bonchev–Trinajstić information content (AvgIpc) is 2.88. The Morgan fingerprint density at radius 1 is 0.973 bits per heavy atom. The number of rotatable bonds is 6. The van der Waals surface area contributed by atoms with Gasteiger partial charge in [0.25, 0.3) is 5.91 Å². The Labute approximate surface area is 217 Å². The second kappa shape index (κ2) is 10.1. The molecule has 1 aromatic heterocycles. The topological polar surface area (TPSA) is 85.9 Å². The standard InChI is InChI=1S/C28H33N7O2/c1-6-35-24-16-22(8-10-25(24)37-20(4)27(35)36)30-26-19(3)17-29-28(32-26)31-21-7-9-23(18(2)15-21)34-13-11-33(5)12-14-34/h7-10,15-17H,4,6,11-14H2,1-3,5H3,(H2,29,30,31,32). The van der Waals surface area contributed by atoms with E-state index < -0.39 is 0 Å². The minimum atomic E-state index is -0.231. The van der Waals surface area contributed by atoms with E-state index in [1.165, 1.54) is 11.3 Å². The Kier molecular flexibility index (Phi) is 6.71. The molecule has 0 aliphatic carbocycles. The number of piperazine rings is 1. The fraction of sp³-hybridized carbons (Fsp3) is 0.321. The molecule has 2 aliphatic rings. The van der Waals surface area contributed by atoms with Crippen LogP contribution in [0.1, 0.15) is 18.1 Å². The zero-order chi connectivity index (χ0) is 26.1. The van der Waals surface area contributed by atoms with E-state index in [1.54, 1.807) is 11.1 Å². The van der Waals surface area contributed by atoms with Gasteiger partial charge in [-0.2, -0.15) is 4.98 Å². The van der Waals surface area contributed by atoms with Gasteiger partial charge >= 0.3 is 0 Å². The van der Waals surface area contributed by atoms with Crippen LogP contribution in [0.3, 0.4) is 0 Å². The Morgan fingerprint density at radius 3 is 2.43 bits per heavy atom. The summed E-state index contributed by atoms with van der Waals surface area (Å²) in [5, 5.41) is 6.71. The van der Waals surface area contributed by atoms with Crippen molar-refractivity contribution in [2.24, 2.45) is 0 Å². The lowest BCUT2D eigenvalue weighted by atomic mass is 10.1. The number of likely N-dealkylation sites (N-methyl/N-ethyl adjacent to an activating group) is 2. The van der Waals surface area contributed by atoms with Gasteiger partial charge in [-0.3, -0.25) is 4.79 Å². The van der Waals surface area contributed by atoms with Gasteiger partial charge in [0.1, 0.15) is 5.82 Å². The number of aryl methyl sites for hydroxylation is 2. The average molecular weight is 500 g/mol. The molecule has 0 bridgehead atoms. The fourth-order valence-electron chi connectivity index (χ4n) is 4.67. The van der Waals surface area contributed by atoms with E-state index in [1.807, 2.05) is 32.0 Å². The van der Waals surface area contributed by atoms with E-state index in [4.69, 9.17) is 9.72 Å². The SMILES string of the molecule is C=C1Oc2ccc(Nc3nc(Nc4ccc(N5CCN(C)CC5)c(C)c4)ncc3C)cc2N(CC)C1=O. The predicted molar refractivity (Wildman–Crippen MR) is 148 cm³/mol. The maximum absolute atomic E-state index is 12.5. The molecule has 2 aromatic carbocycles. The highest BCUT2D eigenvalue weighted by atomic mass is 16.5. The summed E-state index contributed by atoms with van der Waals surface area (Å²) in [4.78, 5) is 28.1. The molecule has 9 heteroatoms. The van der Waals surface area contributed by atoms with E-state index >= 15 is 0 Å². The summed E-state index contributed by atoms with van der Waals surface area (Å²) in [6, 6.07) is 12.0. The minimum absolute atomic E-state index is 0.129. The summed E-state index contributed by atoms with van der Waals surface area (Å²) < 4.78 is 5.60. The van der Waals surface area contributed by atoms with Crippen molar-refractivity contribution >= 4 is 40.4 Å². The molecule has 192 valence electrons. The first-order valence-corrected chi connectivity index (χ1v) is 12.6. The summed E-state index contributed by atoms with van der Waals surface area (Å²) in [5.74, 6) is 1.69. The van der Waals surface area contributed by atoms with Gasteiger partial charge in [-0.25, -0.2) is 4.98 Å². The number of anilines is 6. The monoisotopic (exact) mass is 499 g/mol. The summed E-state index contributed by atoms with van der Waals surface area (Å²) >= 11 is 0. The fourth-order valence-corrected chi connectivity index (χ4v) is 4.67. The Morgan fingerprint density at radius 2 is 1.70 bits per heavy atom. The molecule has 0 radical (unpaired) electrons. The largest absolute Gasteiger partial charge is 0.450 e. The second-order valence-electron chi connectivity index (χ2n) is 9.52. The smallest absolute Gasteiger partial charge is 0.293 e. The van der Waals surface area contributed by atoms with Crippen molar-refractivity contribution in [3.63, 3.8) is 0 Å². The van der Waals surface area contributed by atoms with Gasteiger partial charge in [0.05, 0.1) is 5.69 Å². The molecule has 2 aliphatic heterocycles.